The monoisotopic (exact) mass is 828 g/mol. The lowest BCUT2D eigenvalue weighted by molar-refractivity contribution is 0.663. The minimum absolute atomic E-state index is 0.891. The van der Waals surface area contributed by atoms with Gasteiger partial charge in [0.15, 0.2) is 11.2 Å². The van der Waals surface area contributed by atoms with E-state index >= 15 is 0 Å². The first-order chi connectivity index (χ1) is 31.3. The summed E-state index contributed by atoms with van der Waals surface area (Å²) < 4.78 is 14.0. The summed E-state index contributed by atoms with van der Waals surface area (Å²) >= 11 is 0. The molecule has 0 radical (unpaired) electrons. The molecule has 4 nitrogen and oxygen atoms in total. The van der Waals surface area contributed by atoms with Gasteiger partial charge in [-0.25, -0.2) is 0 Å². The molecular formula is C60H48N2O2. The van der Waals surface area contributed by atoms with E-state index in [1.165, 1.54) is 65.7 Å². The fourth-order valence-electron chi connectivity index (χ4n) is 10.5. The van der Waals surface area contributed by atoms with Crippen molar-refractivity contribution in [3.63, 3.8) is 0 Å². The van der Waals surface area contributed by atoms with Gasteiger partial charge in [0.1, 0.15) is 11.2 Å². The Morgan fingerprint density at radius 3 is 1.16 bits per heavy atom. The zero-order valence-electron chi connectivity index (χ0n) is 37.1. The van der Waals surface area contributed by atoms with Gasteiger partial charge in [-0.15, -0.1) is 0 Å². The topological polar surface area (TPSA) is 32.8 Å². The zero-order valence-corrected chi connectivity index (χ0v) is 37.1. The SMILES string of the molecule is CCc1cccc2c1oc1c(N(c3cc(C)ccc3C)c3ccc4ccc5c(N(c6cc(C)ccc6C)c6cccc7c6oc6c(CC)cccc67)ccc6ccc3c4c65)cccc12. The lowest BCUT2D eigenvalue weighted by Gasteiger charge is -2.30. The van der Waals surface area contributed by atoms with Gasteiger partial charge in [0, 0.05) is 43.7 Å². The first-order valence-electron chi connectivity index (χ1n) is 22.6. The summed E-state index contributed by atoms with van der Waals surface area (Å²) in [7, 11) is 0. The predicted octanol–water partition coefficient (Wildman–Crippen LogP) is 17.7. The molecule has 0 saturated heterocycles. The quantitative estimate of drug-likeness (QED) is 0.143. The van der Waals surface area contributed by atoms with Crippen LogP contribution in [0.4, 0.5) is 34.1 Å². The Balaban J connectivity index is 1.15. The number of nitrogens with zero attached hydrogens (tertiary/aromatic N) is 2. The average Bonchev–Trinajstić information content (AvgIpc) is 3.91. The number of rotatable bonds is 8. The maximum Gasteiger partial charge on any atom is 0.159 e. The van der Waals surface area contributed by atoms with Gasteiger partial charge in [-0.2, -0.15) is 0 Å². The van der Waals surface area contributed by atoms with E-state index in [4.69, 9.17) is 8.83 Å². The number of fused-ring (bicyclic) bond motifs is 6. The third-order valence-corrected chi connectivity index (χ3v) is 13.7. The standard InChI is InChI=1S/C60H48N2O2/c1-7-39-13-9-15-43-45-17-11-19-51(59(45)63-57(39)43)61(53-33-35(3)21-23-37(53)5)49-31-27-41-26-30-48-50(32-28-42-25-29-47(49)55(41)56(42)48)62(54-34-36(4)22-24-38(54)6)52-20-12-18-46-44-16-10-14-40(8-2)58(44)64-60(46)52/h9-34H,7-8H2,1-6H3. The van der Waals surface area contributed by atoms with Crippen molar-refractivity contribution >= 4 is 110 Å². The molecule has 0 bridgehead atoms. The Labute approximate surface area is 372 Å². The number of anilines is 6. The highest BCUT2D eigenvalue weighted by Crippen LogP contribution is 2.51. The van der Waals surface area contributed by atoms with Crippen LogP contribution in [0.3, 0.4) is 0 Å². The molecule has 0 N–H and O–H groups in total. The fourth-order valence-corrected chi connectivity index (χ4v) is 10.5. The van der Waals surface area contributed by atoms with Crippen LogP contribution in [-0.4, -0.2) is 0 Å². The van der Waals surface area contributed by atoms with Gasteiger partial charge in [0.2, 0.25) is 0 Å². The summed E-state index contributed by atoms with van der Waals surface area (Å²) in [5, 5.41) is 11.8. The summed E-state index contributed by atoms with van der Waals surface area (Å²) in [6.07, 6.45) is 1.80. The first kappa shape index (κ1) is 38.1. The van der Waals surface area contributed by atoms with Gasteiger partial charge in [-0.05, 0) is 132 Å². The van der Waals surface area contributed by atoms with Gasteiger partial charge in [0.25, 0.3) is 0 Å². The third kappa shape index (κ3) is 5.61. The zero-order chi connectivity index (χ0) is 43.4. The van der Waals surface area contributed by atoms with Gasteiger partial charge < -0.3 is 18.6 Å². The van der Waals surface area contributed by atoms with Crippen LogP contribution in [0, 0.1) is 27.7 Å². The van der Waals surface area contributed by atoms with E-state index < -0.39 is 0 Å². The van der Waals surface area contributed by atoms with Crippen LogP contribution in [0.2, 0.25) is 0 Å². The molecule has 64 heavy (non-hydrogen) atoms. The van der Waals surface area contributed by atoms with Gasteiger partial charge in [-0.3, -0.25) is 0 Å². The highest BCUT2D eigenvalue weighted by molar-refractivity contribution is 6.29. The summed E-state index contributed by atoms with van der Waals surface area (Å²) in [4.78, 5) is 4.89. The van der Waals surface area contributed by atoms with Crippen molar-refractivity contribution in [2.45, 2.75) is 54.4 Å². The lowest BCUT2D eigenvalue weighted by atomic mass is 9.91. The molecule has 12 rings (SSSR count). The minimum atomic E-state index is 0.891. The van der Waals surface area contributed by atoms with E-state index in [-0.39, 0.29) is 0 Å². The molecule has 4 heteroatoms. The molecule has 0 aliphatic rings. The van der Waals surface area contributed by atoms with Crippen molar-refractivity contribution < 1.29 is 8.83 Å². The maximum atomic E-state index is 6.98. The second-order valence-corrected chi connectivity index (χ2v) is 17.6. The van der Waals surface area contributed by atoms with E-state index in [0.29, 0.717) is 0 Å². The minimum Gasteiger partial charge on any atom is -0.454 e. The molecule has 0 fully saturated rings. The lowest BCUT2D eigenvalue weighted by Crippen LogP contribution is -2.13. The molecule has 10 aromatic carbocycles. The Morgan fingerprint density at radius 1 is 0.344 bits per heavy atom. The smallest absolute Gasteiger partial charge is 0.159 e. The van der Waals surface area contributed by atoms with Crippen LogP contribution in [0.15, 0.2) is 167 Å². The molecule has 0 aliphatic carbocycles. The van der Waals surface area contributed by atoms with Crippen molar-refractivity contribution in [1.82, 2.24) is 0 Å². The summed E-state index contributed by atoms with van der Waals surface area (Å²) in [6, 6.07) is 58.3. The Hall–Kier alpha value is -7.56. The van der Waals surface area contributed by atoms with Crippen molar-refractivity contribution in [2.24, 2.45) is 0 Å². The van der Waals surface area contributed by atoms with Crippen molar-refractivity contribution in [1.29, 1.82) is 0 Å². The summed E-state index contributed by atoms with van der Waals surface area (Å²) in [6.45, 7) is 13.2. The van der Waals surface area contributed by atoms with Crippen LogP contribution in [0.5, 0.6) is 0 Å². The number of hydrogen-bond acceptors (Lipinski definition) is 4. The van der Waals surface area contributed by atoms with Crippen molar-refractivity contribution in [2.75, 3.05) is 9.80 Å². The molecule has 0 spiro atoms. The number of para-hydroxylation sites is 4. The molecule has 310 valence electrons. The molecule has 12 aromatic rings. The summed E-state index contributed by atoms with van der Waals surface area (Å²) in [5.74, 6) is 0. The van der Waals surface area contributed by atoms with E-state index in [1.54, 1.807) is 0 Å². The number of benzene rings is 10. The number of furan rings is 2. The molecule has 0 aliphatic heterocycles. The van der Waals surface area contributed by atoms with E-state index in [9.17, 15) is 0 Å². The molecule has 0 amide bonds. The molecule has 0 unspecified atom stereocenters. The summed E-state index contributed by atoms with van der Waals surface area (Å²) in [5.41, 5.74) is 17.4. The van der Waals surface area contributed by atoms with Gasteiger partial charge in [-0.1, -0.05) is 135 Å². The van der Waals surface area contributed by atoms with Crippen LogP contribution < -0.4 is 9.80 Å². The van der Waals surface area contributed by atoms with E-state index in [1.807, 2.05) is 0 Å². The normalized spacial score (nSPS) is 12.0. The van der Waals surface area contributed by atoms with Crippen molar-refractivity contribution in [3.05, 3.63) is 191 Å². The highest BCUT2D eigenvalue weighted by atomic mass is 16.3. The first-order valence-corrected chi connectivity index (χ1v) is 22.6. The van der Waals surface area contributed by atoms with E-state index in [0.717, 1.165) is 90.8 Å². The molecule has 0 saturated carbocycles. The molecule has 2 aromatic heterocycles. The molecule has 2 heterocycles. The van der Waals surface area contributed by atoms with Crippen LogP contribution in [-0.2, 0) is 12.8 Å². The predicted molar refractivity (Wildman–Crippen MR) is 272 cm³/mol. The maximum absolute atomic E-state index is 6.98. The molecular weight excluding hydrogens is 781 g/mol. The fraction of sp³-hybridized carbons (Fsp3) is 0.133. The van der Waals surface area contributed by atoms with Crippen LogP contribution in [0.1, 0.15) is 47.2 Å². The average molecular weight is 829 g/mol. The Bertz CT molecular complexity index is 3580. The van der Waals surface area contributed by atoms with E-state index in [2.05, 4.69) is 209 Å². The second kappa shape index (κ2) is 14.5. The van der Waals surface area contributed by atoms with Gasteiger partial charge >= 0.3 is 0 Å². The number of hydrogen-bond donors (Lipinski definition) is 0. The Morgan fingerprint density at radius 2 is 0.734 bits per heavy atom. The molecule has 0 atom stereocenters. The third-order valence-electron chi connectivity index (χ3n) is 13.7. The largest absolute Gasteiger partial charge is 0.454 e. The van der Waals surface area contributed by atoms with Gasteiger partial charge in [0.05, 0.1) is 22.7 Å². The second-order valence-electron chi connectivity index (χ2n) is 17.6. The van der Waals surface area contributed by atoms with Crippen molar-refractivity contribution in [3.8, 4) is 0 Å². The van der Waals surface area contributed by atoms with Crippen LogP contribution in [0.25, 0.3) is 76.2 Å². The Kier molecular flexibility index (Phi) is 8.64. The van der Waals surface area contributed by atoms with Crippen LogP contribution >= 0.6 is 0 Å². The number of aryl methyl sites for hydroxylation is 6. The highest BCUT2D eigenvalue weighted by Gasteiger charge is 2.27.